The first kappa shape index (κ1) is 17.7. The summed E-state index contributed by atoms with van der Waals surface area (Å²) in [6.45, 7) is 1.29. The summed E-state index contributed by atoms with van der Waals surface area (Å²) in [5, 5.41) is 7.60. The summed E-state index contributed by atoms with van der Waals surface area (Å²) in [6, 6.07) is 15.2. The quantitative estimate of drug-likeness (QED) is 0.739. The van der Waals surface area contributed by atoms with Gasteiger partial charge in [0, 0.05) is 12.1 Å². The van der Waals surface area contributed by atoms with E-state index in [2.05, 4.69) is 10.2 Å². The Labute approximate surface area is 160 Å². The van der Waals surface area contributed by atoms with Gasteiger partial charge in [-0.05, 0) is 29.8 Å². The molecule has 1 fully saturated rings. The van der Waals surface area contributed by atoms with E-state index >= 15 is 0 Å². The fourth-order valence-corrected chi connectivity index (χ4v) is 3.35. The van der Waals surface area contributed by atoms with Crippen molar-refractivity contribution >= 4 is 17.5 Å². The van der Waals surface area contributed by atoms with Gasteiger partial charge < -0.3 is 9.64 Å². The number of hydrogen-bond donors (Lipinski definition) is 1. The Morgan fingerprint density at radius 1 is 1.22 bits per heavy atom. The highest BCUT2D eigenvalue weighted by atomic mass is 35.5. The first-order valence-electron chi connectivity index (χ1n) is 8.58. The summed E-state index contributed by atoms with van der Waals surface area (Å²) in [7, 11) is 0. The lowest BCUT2D eigenvalue weighted by Crippen LogP contribution is -2.42. The molecule has 27 heavy (non-hydrogen) atoms. The molecule has 2 heterocycles. The molecule has 138 valence electrons. The van der Waals surface area contributed by atoms with Gasteiger partial charge in [0.25, 0.3) is 5.91 Å². The smallest absolute Gasteiger partial charge is 0.272 e. The molecule has 1 aliphatic heterocycles. The molecule has 0 saturated carbocycles. The third-order valence-electron chi connectivity index (χ3n) is 4.55. The second-order valence-corrected chi connectivity index (χ2v) is 6.72. The molecule has 0 radical (unpaired) electrons. The summed E-state index contributed by atoms with van der Waals surface area (Å²) in [5.74, 6) is -0.455. The number of nitrogens with zero attached hydrogens (tertiary/aromatic N) is 2. The maximum absolute atomic E-state index is 13.1. The predicted molar refractivity (Wildman–Crippen MR) is 100 cm³/mol. The minimum atomic E-state index is -0.299. The van der Waals surface area contributed by atoms with Crippen LogP contribution < -0.4 is 0 Å². The normalized spacial score (nSPS) is 17.1. The van der Waals surface area contributed by atoms with Gasteiger partial charge in [-0.15, -0.1) is 0 Å². The zero-order chi connectivity index (χ0) is 18.8. The van der Waals surface area contributed by atoms with E-state index in [4.69, 9.17) is 16.3 Å². The number of ether oxygens (including phenoxy) is 1. The van der Waals surface area contributed by atoms with E-state index < -0.39 is 0 Å². The second-order valence-electron chi connectivity index (χ2n) is 6.31. The second kappa shape index (κ2) is 7.50. The average molecular weight is 386 g/mol. The number of morpholine rings is 1. The van der Waals surface area contributed by atoms with Crippen molar-refractivity contribution in [3.05, 3.63) is 76.7 Å². The maximum Gasteiger partial charge on any atom is 0.272 e. The predicted octanol–water partition coefficient (Wildman–Crippen LogP) is 4.08. The summed E-state index contributed by atoms with van der Waals surface area (Å²) in [4.78, 5) is 14.6. The SMILES string of the molecule is O=C(c1cc(-c2ccccc2Cl)n[nH]1)N1CCOC(c2ccc(F)cc2)C1. The molecule has 4 rings (SSSR count). The molecule has 1 aliphatic rings. The molecular weight excluding hydrogens is 369 g/mol. The third kappa shape index (κ3) is 3.72. The van der Waals surface area contributed by atoms with Crippen molar-refractivity contribution in [1.29, 1.82) is 0 Å². The molecule has 0 bridgehead atoms. The van der Waals surface area contributed by atoms with Gasteiger partial charge in [0.1, 0.15) is 17.6 Å². The van der Waals surface area contributed by atoms with Crippen LogP contribution in [-0.4, -0.2) is 40.7 Å². The van der Waals surface area contributed by atoms with Gasteiger partial charge >= 0.3 is 0 Å². The standard InChI is InChI=1S/C20H17ClFN3O2/c21-16-4-2-1-3-15(16)17-11-18(24-23-17)20(26)25-9-10-27-19(12-25)13-5-7-14(22)8-6-13/h1-8,11,19H,9-10,12H2,(H,23,24). The number of amides is 1. The van der Waals surface area contributed by atoms with Gasteiger partial charge in [-0.3, -0.25) is 9.89 Å². The zero-order valence-electron chi connectivity index (χ0n) is 14.4. The third-order valence-corrected chi connectivity index (χ3v) is 4.88. The number of carbonyl (C=O) groups excluding carboxylic acids is 1. The highest BCUT2D eigenvalue weighted by Gasteiger charge is 2.27. The molecule has 5 nitrogen and oxygen atoms in total. The average Bonchev–Trinajstić information content (AvgIpc) is 3.18. The van der Waals surface area contributed by atoms with E-state index in [-0.39, 0.29) is 17.8 Å². The minimum Gasteiger partial charge on any atom is -0.370 e. The number of carbonyl (C=O) groups is 1. The fourth-order valence-electron chi connectivity index (χ4n) is 3.12. The molecule has 1 unspecified atom stereocenters. The van der Waals surface area contributed by atoms with Crippen molar-refractivity contribution in [2.75, 3.05) is 19.7 Å². The number of benzene rings is 2. The largest absolute Gasteiger partial charge is 0.370 e. The van der Waals surface area contributed by atoms with E-state index in [1.165, 1.54) is 12.1 Å². The van der Waals surface area contributed by atoms with Gasteiger partial charge in [-0.25, -0.2) is 4.39 Å². The molecule has 1 amide bonds. The Morgan fingerprint density at radius 3 is 2.78 bits per heavy atom. The Kier molecular flexibility index (Phi) is 4.92. The van der Waals surface area contributed by atoms with Crippen molar-refractivity contribution in [3.63, 3.8) is 0 Å². The lowest BCUT2D eigenvalue weighted by Gasteiger charge is -2.32. The number of hydrogen-bond acceptors (Lipinski definition) is 3. The minimum absolute atomic E-state index is 0.156. The molecule has 1 aromatic heterocycles. The monoisotopic (exact) mass is 385 g/mol. The molecule has 0 aliphatic carbocycles. The van der Waals surface area contributed by atoms with E-state index in [0.717, 1.165) is 11.1 Å². The van der Waals surface area contributed by atoms with Gasteiger partial charge in [-0.2, -0.15) is 5.10 Å². The summed E-state index contributed by atoms with van der Waals surface area (Å²) in [6.07, 6.45) is -0.283. The van der Waals surface area contributed by atoms with Crippen LogP contribution in [0.1, 0.15) is 22.2 Å². The Balaban J connectivity index is 1.51. The highest BCUT2D eigenvalue weighted by Crippen LogP contribution is 2.27. The van der Waals surface area contributed by atoms with Crippen LogP contribution >= 0.6 is 11.6 Å². The van der Waals surface area contributed by atoms with Crippen LogP contribution in [-0.2, 0) is 4.74 Å². The Morgan fingerprint density at radius 2 is 2.00 bits per heavy atom. The van der Waals surface area contributed by atoms with Crippen LogP contribution in [0.4, 0.5) is 4.39 Å². The lowest BCUT2D eigenvalue weighted by atomic mass is 10.1. The summed E-state index contributed by atoms with van der Waals surface area (Å²) in [5.41, 5.74) is 2.62. The van der Waals surface area contributed by atoms with Crippen LogP contribution in [0.25, 0.3) is 11.3 Å². The van der Waals surface area contributed by atoms with Crippen molar-refractivity contribution in [3.8, 4) is 11.3 Å². The fraction of sp³-hybridized carbons (Fsp3) is 0.200. The lowest BCUT2D eigenvalue weighted by molar-refractivity contribution is -0.0230. The van der Waals surface area contributed by atoms with Crippen molar-refractivity contribution in [2.45, 2.75) is 6.10 Å². The molecule has 1 N–H and O–H groups in total. The number of H-pyrrole nitrogens is 1. The van der Waals surface area contributed by atoms with Gasteiger partial charge in [0.15, 0.2) is 0 Å². The van der Waals surface area contributed by atoms with E-state index in [1.54, 1.807) is 29.2 Å². The van der Waals surface area contributed by atoms with Gasteiger partial charge in [0.05, 0.1) is 23.9 Å². The molecule has 1 saturated heterocycles. The van der Waals surface area contributed by atoms with E-state index in [9.17, 15) is 9.18 Å². The first-order valence-corrected chi connectivity index (χ1v) is 8.96. The molecule has 7 heteroatoms. The molecule has 0 spiro atoms. The molecular formula is C20H17ClFN3O2. The highest BCUT2D eigenvalue weighted by molar-refractivity contribution is 6.33. The molecule has 1 atom stereocenters. The number of aromatic nitrogens is 2. The molecule has 3 aromatic rings. The Hall–Kier alpha value is -2.70. The summed E-state index contributed by atoms with van der Waals surface area (Å²) >= 11 is 6.20. The Bertz CT molecular complexity index is 958. The van der Waals surface area contributed by atoms with Crippen molar-refractivity contribution in [2.24, 2.45) is 0 Å². The zero-order valence-corrected chi connectivity index (χ0v) is 15.1. The number of rotatable bonds is 3. The number of nitrogens with one attached hydrogen (secondary N) is 1. The van der Waals surface area contributed by atoms with Crippen molar-refractivity contribution in [1.82, 2.24) is 15.1 Å². The van der Waals surface area contributed by atoms with E-state index in [0.29, 0.717) is 36.1 Å². The summed E-state index contributed by atoms with van der Waals surface area (Å²) < 4.78 is 18.9. The van der Waals surface area contributed by atoms with Crippen molar-refractivity contribution < 1.29 is 13.9 Å². The first-order chi connectivity index (χ1) is 13.1. The maximum atomic E-state index is 13.1. The van der Waals surface area contributed by atoms with Crippen LogP contribution in [0.2, 0.25) is 5.02 Å². The van der Waals surface area contributed by atoms with Crippen LogP contribution in [0.5, 0.6) is 0 Å². The topological polar surface area (TPSA) is 58.2 Å². The van der Waals surface area contributed by atoms with Gasteiger partial charge in [-0.1, -0.05) is 41.9 Å². The van der Waals surface area contributed by atoms with Crippen LogP contribution in [0, 0.1) is 5.82 Å². The molecule has 2 aromatic carbocycles. The number of halogens is 2. The van der Waals surface area contributed by atoms with Crippen LogP contribution in [0.15, 0.2) is 54.6 Å². The van der Waals surface area contributed by atoms with E-state index in [1.807, 2.05) is 18.2 Å². The van der Waals surface area contributed by atoms with Gasteiger partial charge in [0.2, 0.25) is 0 Å². The van der Waals surface area contributed by atoms with Crippen LogP contribution in [0.3, 0.4) is 0 Å². The number of aromatic amines is 1.